The van der Waals surface area contributed by atoms with E-state index in [1.807, 2.05) is 0 Å². The molecule has 0 spiro atoms. The van der Waals surface area contributed by atoms with Crippen molar-refractivity contribution in [1.82, 2.24) is 4.90 Å². The van der Waals surface area contributed by atoms with Crippen LogP contribution in [0.1, 0.15) is 44.9 Å². The van der Waals surface area contributed by atoms with Crippen LogP contribution in [0.3, 0.4) is 0 Å². The summed E-state index contributed by atoms with van der Waals surface area (Å²) >= 11 is 0. The van der Waals surface area contributed by atoms with Gasteiger partial charge >= 0.3 is 0 Å². The second kappa shape index (κ2) is 8.39. The quantitative estimate of drug-likeness (QED) is 0.407. The van der Waals surface area contributed by atoms with Gasteiger partial charge in [0, 0.05) is 19.6 Å². The fraction of sp³-hybridized carbons (Fsp3) is 0.917. The molecule has 1 aliphatic heterocycles. The van der Waals surface area contributed by atoms with E-state index < -0.39 is 0 Å². The molecular formula is C12H26N4. The molecule has 4 nitrogen and oxygen atoms in total. The van der Waals surface area contributed by atoms with E-state index in [-0.39, 0.29) is 0 Å². The molecule has 16 heavy (non-hydrogen) atoms. The van der Waals surface area contributed by atoms with E-state index in [1.165, 1.54) is 32.1 Å². The van der Waals surface area contributed by atoms with Crippen molar-refractivity contribution >= 4 is 5.96 Å². The van der Waals surface area contributed by atoms with Crippen LogP contribution in [0.2, 0.25) is 0 Å². The zero-order chi connectivity index (χ0) is 11.6. The predicted octanol–water partition coefficient (Wildman–Crippen LogP) is 1.31. The molecule has 0 unspecified atom stereocenters. The lowest BCUT2D eigenvalue weighted by atomic mass is 10.1. The number of unbranched alkanes of at least 4 members (excludes halogenated alkanes) is 3. The van der Waals surface area contributed by atoms with Gasteiger partial charge in [0.15, 0.2) is 5.96 Å². The molecule has 0 saturated carbocycles. The lowest BCUT2D eigenvalue weighted by Crippen LogP contribution is -2.40. The van der Waals surface area contributed by atoms with E-state index >= 15 is 0 Å². The molecule has 0 amide bonds. The monoisotopic (exact) mass is 226 g/mol. The molecule has 0 aromatic carbocycles. The number of hydrogen-bond donors (Lipinski definition) is 2. The zero-order valence-electron chi connectivity index (χ0n) is 10.3. The summed E-state index contributed by atoms with van der Waals surface area (Å²) < 4.78 is 0. The summed E-state index contributed by atoms with van der Waals surface area (Å²) in [6, 6.07) is 0. The predicted molar refractivity (Wildman–Crippen MR) is 69.4 cm³/mol. The highest BCUT2D eigenvalue weighted by Gasteiger charge is 2.11. The molecule has 1 fully saturated rings. The molecule has 1 rings (SSSR count). The van der Waals surface area contributed by atoms with Crippen LogP contribution < -0.4 is 11.5 Å². The number of aliphatic imine (C=N–C) groups is 1. The van der Waals surface area contributed by atoms with E-state index in [4.69, 9.17) is 11.5 Å². The van der Waals surface area contributed by atoms with Crippen molar-refractivity contribution in [2.45, 2.75) is 44.9 Å². The summed E-state index contributed by atoms with van der Waals surface area (Å²) in [5.74, 6) is 0.749. The standard InChI is InChI=1S/C12H26N4/c13-8-4-1-2-5-9-15-12(14)16-10-6-3-7-11-16/h1-11,13H2,(H2,14,15). The first-order chi connectivity index (χ1) is 7.84. The summed E-state index contributed by atoms with van der Waals surface area (Å²) in [6.07, 6.45) is 8.55. The van der Waals surface area contributed by atoms with E-state index in [1.54, 1.807) is 0 Å². The first kappa shape index (κ1) is 13.3. The lowest BCUT2D eigenvalue weighted by molar-refractivity contribution is 0.338. The SMILES string of the molecule is NCCCCCCN=C(N)N1CCCCC1. The molecular weight excluding hydrogens is 200 g/mol. The fourth-order valence-corrected chi connectivity index (χ4v) is 2.03. The molecule has 4 N–H and O–H groups in total. The maximum atomic E-state index is 5.95. The Balaban J connectivity index is 2.07. The minimum atomic E-state index is 0.749. The Kier molecular flexibility index (Phi) is 6.97. The minimum Gasteiger partial charge on any atom is -0.370 e. The molecule has 0 aromatic heterocycles. The summed E-state index contributed by atoms with van der Waals surface area (Å²) in [4.78, 5) is 6.65. The van der Waals surface area contributed by atoms with Crippen molar-refractivity contribution in [3.63, 3.8) is 0 Å². The largest absolute Gasteiger partial charge is 0.370 e. The van der Waals surface area contributed by atoms with Gasteiger partial charge < -0.3 is 16.4 Å². The van der Waals surface area contributed by atoms with Gasteiger partial charge in [0.1, 0.15) is 0 Å². The van der Waals surface area contributed by atoms with Crippen molar-refractivity contribution in [2.75, 3.05) is 26.2 Å². The molecule has 4 heteroatoms. The highest BCUT2D eigenvalue weighted by atomic mass is 15.2. The van der Waals surface area contributed by atoms with Gasteiger partial charge in [-0.15, -0.1) is 0 Å². The number of likely N-dealkylation sites (tertiary alicyclic amines) is 1. The Morgan fingerprint density at radius 1 is 1.00 bits per heavy atom. The third-order valence-electron chi connectivity index (χ3n) is 3.07. The Morgan fingerprint density at radius 3 is 2.38 bits per heavy atom. The van der Waals surface area contributed by atoms with E-state index in [9.17, 15) is 0 Å². The average Bonchev–Trinajstić information content (AvgIpc) is 2.34. The van der Waals surface area contributed by atoms with E-state index in [2.05, 4.69) is 9.89 Å². The highest BCUT2D eigenvalue weighted by Crippen LogP contribution is 2.08. The number of hydrogen-bond acceptors (Lipinski definition) is 2. The molecule has 1 saturated heterocycles. The number of piperidine rings is 1. The van der Waals surface area contributed by atoms with Crippen molar-refractivity contribution in [3.8, 4) is 0 Å². The summed E-state index contributed by atoms with van der Waals surface area (Å²) in [7, 11) is 0. The van der Waals surface area contributed by atoms with Gasteiger partial charge in [0.25, 0.3) is 0 Å². The molecule has 0 radical (unpaired) electrons. The molecule has 0 aliphatic carbocycles. The van der Waals surface area contributed by atoms with E-state index in [0.717, 1.165) is 45.0 Å². The van der Waals surface area contributed by atoms with Crippen molar-refractivity contribution in [1.29, 1.82) is 0 Å². The van der Waals surface area contributed by atoms with Crippen molar-refractivity contribution in [3.05, 3.63) is 0 Å². The van der Waals surface area contributed by atoms with Gasteiger partial charge in [-0.05, 0) is 38.6 Å². The number of guanidine groups is 1. The number of nitrogens with zero attached hydrogens (tertiary/aromatic N) is 2. The van der Waals surface area contributed by atoms with Crippen LogP contribution >= 0.6 is 0 Å². The van der Waals surface area contributed by atoms with Crippen LogP contribution in [0.5, 0.6) is 0 Å². The summed E-state index contributed by atoms with van der Waals surface area (Å²) in [6.45, 7) is 3.84. The van der Waals surface area contributed by atoms with Crippen LogP contribution in [0, 0.1) is 0 Å². The Hall–Kier alpha value is -0.770. The normalized spacial score (nSPS) is 17.8. The second-order valence-electron chi connectivity index (χ2n) is 4.49. The Labute approximate surface area is 99.1 Å². The Bertz CT molecular complexity index is 197. The van der Waals surface area contributed by atoms with Crippen LogP contribution in [-0.2, 0) is 0 Å². The maximum absolute atomic E-state index is 5.95. The number of rotatable bonds is 6. The Morgan fingerprint density at radius 2 is 1.69 bits per heavy atom. The lowest BCUT2D eigenvalue weighted by Gasteiger charge is -2.27. The maximum Gasteiger partial charge on any atom is 0.191 e. The van der Waals surface area contributed by atoms with Crippen LogP contribution in [-0.4, -0.2) is 37.0 Å². The molecule has 0 aromatic rings. The third-order valence-corrected chi connectivity index (χ3v) is 3.07. The van der Waals surface area contributed by atoms with Gasteiger partial charge in [-0.2, -0.15) is 0 Å². The van der Waals surface area contributed by atoms with Crippen LogP contribution in [0.25, 0.3) is 0 Å². The molecule has 1 heterocycles. The van der Waals surface area contributed by atoms with Gasteiger partial charge in [0.2, 0.25) is 0 Å². The first-order valence-corrected chi connectivity index (χ1v) is 6.59. The second-order valence-corrected chi connectivity index (χ2v) is 4.49. The zero-order valence-corrected chi connectivity index (χ0v) is 10.3. The van der Waals surface area contributed by atoms with Gasteiger partial charge in [0.05, 0.1) is 0 Å². The van der Waals surface area contributed by atoms with Crippen LogP contribution in [0.4, 0.5) is 0 Å². The minimum absolute atomic E-state index is 0.749. The average molecular weight is 226 g/mol. The molecule has 94 valence electrons. The molecule has 0 bridgehead atoms. The summed E-state index contributed by atoms with van der Waals surface area (Å²) in [5, 5.41) is 0. The summed E-state index contributed by atoms with van der Waals surface area (Å²) in [5.41, 5.74) is 11.4. The van der Waals surface area contributed by atoms with Gasteiger partial charge in [-0.1, -0.05) is 12.8 Å². The fourth-order valence-electron chi connectivity index (χ4n) is 2.03. The molecule has 0 atom stereocenters. The van der Waals surface area contributed by atoms with Gasteiger partial charge in [-0.25, -0.2) is 0 Å². The smallest absolute Gasteiger partial charge is 0.191 e. The molecule has 1 aliphatic rings. The highest BCUT2D eigenvalue weighted by molar-refractivity contribution is 5.78. The van der Waals surface area contributed by atoms with Crippen molar-refractivity contribution in [2.24, 2.45) is 16.5 Å². The third kappa shape index (κ3) is 5.35. The van der Waals surface area contributed by atoms with E-state index in [0.29, 0.717) is 0 Å². The topological polar surface area (TPSA) is 67.6 Å². The van der Waals surface area contributed by atoms with Crippen LogP contribution in [0.15, 0.2) is 4.99 Å². The first-order valence-electron chi connectivity index (χ1n) is 6.59. The van der Waals surface area contributed by atoms with Gasteiger partial charge in [-0.3, -0.25) is 4.99 Å². The van der Waals surface area contributed by atoms with Crippen molar-refractivity contribution < 1.29 is 0 Å². The number of nitrogens with two attached hydrogens (primary N) is 2.